The van der Waals surface area contributed by atoms with E-state index in [4.69, 9.17) is 4.74 Å². The molecule has 1 aromatic heterocycles. The second kappa shape index (κ2) is 10.1. The Bertz CT molecular complexity index is 1480. The van der Waals surface area contributed by atoms with Crippen molar-refractivity contribution in [3.05, 3.63) is 131 Å². The molecule has 0 amide bonds. The summed E-state index contributed by atoms with van der Waals surface area (Å²) in [7, 11) is 1.66. The maximum atomic E-state index is 12.6. The van der Waals surface area contributed by atoms with Gasteiger partial charge in [-0.15, -0.1) is 0 Å². The highest BCUT2D eigenvalue weighted by atomic mass is 16.5. The van der Waals surface area contributed by atoms with Crippen molar-refractivity contribution in [3.63, 3.8) is 0 Å². The number of rotatable bonds is 7. The number of hydrogen-bond acceptors (Lipinski definition) is 4. The highest BCUT2D eigenvalue weighted by molar-refractivity contribution is 5.83. The molecule has 0 aliphatic carbocycles. The lowest BCUT2D eigenvalue weighted by Gasteiger charge is -2.15. The van der Waals surface area contributed by atoms with Crippen molar-refractivity contribution in [1.29, 1.82) is 0 Å². The lowest BCUT2D eigenvalue weighted by molar-refractivity contribution is 0.484. The Balaban J connectivity index is 1.49. The van der Waals surface area contributed by atoms with Crippen LogP contribution < -0.4 is 15.6 Å². The van der Waals surface area contributed by atoms with E-state index in [0.29, 0.717) is 18.0 Å². The van der Waals surface area contributed by atoms with Crippen LogP contribution in [0.15, 0.2) is 120 Å². The standard InChI is InChI=1S/C30H25N3O2/c1-33-29(34)20-27(23-18-16-22(17-19-23)21-31-24-10-4-2-5-11-24)30(32-33)26-14-8-9-15-28(26)35-25-12-6-3-7-13-25/h2-20,31H,21H2,1H3. The number of benzene rings is 4. The van der Waals surface area contributed by atoms with Crippen LogP contribution in [0.5, 0.6) is 11.5 Å². The molecule has 0 aliphatic heterocycles. The predicted octanol–water partition coefficient (Wildman–Crippen LogP) is 6.52. The van der Waals surface area contributed by atoms with Gasteiger partial charge in [0.1, 0.15) is 17.2 Å². The van der Waals surface area contributed by atoms with Gasteiger partial charge in [0.15, 0.2) is 0 Å². The first kappa shape index (κ1) is 22.2. The van der Waals surface area contributed by atoms with E-state index in [1.54, 1.807) is 13.1 Å². The van der Waals surface area contributed by atoms with Crippen LogP contribution in [-0.4, -0.2) is 9.78 Å². The Kier molecular flexibility index (Phi) is 6.39. The molecule has 35 heavy (non-hydrogen) atoms. The van der Waals surface area contributed by atoms with Crippen LogP contribution in [0, 0.1) is 0 Å². The van der Waals surface area contributed by atoms with Gasteiger partial charge in [-0.2, -0.15) is 5.10 Å². The molecular weight excluding hydrogens is 434 g/mol. The van der Waals surface area contributed by atoms with E-state index in [-0.39, 0.29) is 5.56 Å². The van der Waals surface area contributed by atoms with Crippen molar-refractivity contribution in [2.45, 2.75) is 6.54 Å². The summed E-state index contributed by atoms with van der Waals surface area (Å²) in [6, 6.07) is 37.3. The second-order valence-electron chi connectivity index (χ2n) is 8.20. The lowest BCUT2D eigenvalue weighted by atomic mass is 9.98. The van der Waals surface area contributed by atoms with Crippen LogP contribution >= 0.6 is 0 Å². The minimum absolute atomic E-state index is 0.167. The predicted molar refractivity (Wildman–Crippen MR) is 141 cm³/mol. The fourth-order valence-electron chi connectivity index (χ4n) is 3.89. The average molecular weight is 460 g/mol. The number of aryl methyl sites for hydroxylation is 1. The molecule has 0 saturated carbocycles. The largest absolute Gasteiger partial charge is 0.457 e. The fraction of sp³-hybridized carbons (Fsp3) is 0.0667. The summed E-state index contributed by atoms with van der Waals surface area (Å²) in [6.45, 7) is 0.708. The monoisotopic (exact) mass is 459 g/mol. The first-order valence-corrected chi connectivity index (χ1v) is 11.5. The second-order valence-corrected chi connectivity index (χ2v) is 8.20. The number of ether oxygens (including phenoxy) is 1. The number of anilines is 1. The molecule has 0 fully saturated rings. The van der Waals surface area contributed by atoms with Gasteiger partial charge in [-0.05, 0) is 47.5 Å². The van der Waals surface area contributed by atoms with E-state index in [9.17, 15) is 4.79 Å². The molecule has 5 aromatic rings. The van der Waals surface area contributed by atoms with Crippen molar-refractivity contribution in [2.75, 3.05) is 5.32 Å². The van der Waals surface area contributed by atoms with Crippen LogP contribution in [0.2, 0.25) is 0 Å². The number of hydrogen-bond donors (Lipinski definition) is 1. The van der Waals surface area contributed by atoms with E-state index in [2.05, 4.69) is 22.5 Å². The van der Waals surface area contributed by atoms with Crippen LogP contribution in [-0.2, 0) is 13.6 Å². The van der Waals surface area contributed by atoms with Crippen LogP contribution in [0.25, 0.3) is 22.4 Å². The summed E-state index contributed by atoms with van der Waals surface area (Å²) in [5.74, 6) is 1.41. The maximum absolute atomic E-state index is 12.6. The minimum Gasteiger partial charge on any atom is -0.457 e. The third kappa shape index (κ3) is 5.14. The molecule has 4 aromatic carbocycles. The van der Waals surface area contributed by atoms with Crippen molar-refractivity contribution in [2.24, 2.45) is 7.05 Å². The van der Waals surface area contributed by atoms with Crippen molar-refractivity contribution in [1.82, 2.24) is 9.78 Å². The van der Waals surface area contributed by atoms with Gasteiger partial charge in [0.2, 0.25) is 0 Å². The van der Waals surface area contributed by atoms with Gasteiger partial charge in [0.25, 0.3) is 5.56 Å². The smallest absolute Gasteiger partial charge is 0.267 e. The zero-order chi connectivity index (χ0) is 24.0. The summed E-state index contributed by atoms with van der Waals surface area (Å²) in [6.07, 6.45) is 0. The van der Waals surface area contributed by atoms with E-state index in [0.717, 1.165) is 33.7 Å². The number of nitrogens with one attached hydrogen (secondary N) is 1. The summed E-state index contributed by atoms with van der Waals surface area (Å²) in [5, 5.41) is 8.05. The van der Waals surface area contributed by atoms with Gasteiger partial charge in [-0.25, -0.2) is 4.68 Å². The van der Waals surface area contributed by atoms with Crippen LogP contribution in [0.4, 0.5) is 5.69 Å². The zero-order valence-corrected chi connectivity index (χ0v) is 19.4. The molecular formula is C30H25N3O2. The molecule has 172 valence electrons. The quantitative estimate of drug-likeness (QED) is 0.301. The Labute approximate surface area is 204 Å². The molecule has 0 saturated heterocycles. The van der Waals surface area contributed by atoms with Gasteiger partial charge >= 0.3 is 0 Å². The molecule has 0 spiro atoms. The summed E-state index contributed by atoms with van der Waals surface area (Å²) < 4.78 is 7.54. The van der Waals surface area contributed by atoms with Crippen LogP contribution in [0.3, 0.4) is 0 Å². The Morgan fingerprint density at radius 1 is 0.771 bits per heavy atom. The molecule has 1 N–H and O–H groups in total. The van der Waals surface area contributed by atoms with Gasteiger partial charge in [-0.1, -0.05) is 72.8 Å². The van der Waals surface area contributed by atoms with Crippen LogP contribution in [0.1, 0.15) is 5.56 Å². The first-order chi connectivity index (χ1) is 17.2. The third-order valence-corrected chi connectivity index (χ3v) is 5.74. The normalized spacial score (nSPS) is 10.7. The molecule has 0 aliphatic rings. The van der Waals surface area contributed by atoms with Gasteiger partial charge in [0, 0.05) is 36.5 Å². The molecule has 0 atom stereocenters. The topological polar surface area (TPSA) is 56.1 Å². The number of para-hydroxylation sites is 3. The highest BCUT2D eigenvalue weighted by Gasteiger charge is 2.16. The molecule has 0 radical (unpaired) electrons. The van der Waals surface area contributed by atoms with E-state index < -0.39 is 0 Å². The molecule has 0 unspecified atom stereocenters. The SMILES string of the molecule is Cn1nc(-c2ccccc2Oc2ccccc2)c(-c2ccc(CNc3ccccc3)cc2)cc1=O. The zero-order valence-electron chi connectivity index (χ0n) is 19.4. The molecule has 1 heterocycles. The molecule has 5 nitrogen and oxygen atoms in total. The minimum atomic E-state index is -0.167. The van der Waals surface area contributed by atoms with E-state index >= 15 is 0 Å². The molecule has 0 bridgehead atoms. The maximum Gasteiger partial charge on any atom is 0.267 e. The van der Waals surface area contributed by atoms with E-state index in [1.165, 1.54) is 4.68 Å². The number of aromatic nitrogens is 2. The lowest BCUT2D eigenvalue weighted by Crippen LogP contribution is -2.19. The van der Waals surface area contributed by atoms with Gasteiger partial charge in [0.05, 0.1) is 0 Å². The molecule has 5 heteroatoms. The average Bonchev–Trinajstić information content (AvgIpc) is 2.91. The third-order valence-electron chi connectivity index (χ3n) is 5.74. The van der Waals surface area contributed by atoms with Gasteiger partial charge in [-0.3, -0.25) is 4.79 Å². The van der Waals surface area contributed by atoms with E-state index in [1.807, 2.05) is 97.1 Å². The Hall–Kier alpha value is -4.64. The van der Waals surface area contributed by atoms with Crippen molar-refractivity contribution >= 4 is 5.69 Å². The highest BCUT2D eigenvalue weighted by Crippen LogP contribution is 2.37. The van der Waals surface area contributed by atoms with Crippen molar-refractivity contribution in [3.8, 4) is 33.9 Å². The number of nitrogens with zero attached hydrogens (tertiary/aromatic N) is 2. The Morgan fingerprint density at radius 2 is 1.43 bits per heavy atom. The first-order valence-electron chi connectivity index (χ1n) is 11.5. The van der Waals surface area contributed by atoms with Crippen molar-refractivity contribution < 1.29 is 4.74 Å². The summed E-state index contributed by atoms with van der Waals surface area (Å²) in [4.78, 5) is 12.6. The summed E-state index contributed by atoms with van der Waals surface area (Å²) in [5.41, 5.74) is 5.24. The molecule has 5 rings (SSSR count). The summed E-state index contributed by atoms with van der Waals surface area (Å²) >= 11 is 0. The Morgan fingerprint density at radius 3 is 2.17 bits per heavy atom. The fourth-order valence-corrected chi connectivity index (χ4v) is 3.89. The van der Waals surface area contributed by atoms with Gasteiger partial charge < -0.3 is 10.1 Å².